The lowest BCUT2D eigenvalue weighted by atomic mass is 10.2. The van der Waals surface area contributed by atoms with E-state index in [2.05, 4.69) is 5.32 Å². The number of nitrogens with two attached hydrogens (primary N) is 1. The first-order valence-electron chi connectivity index (χ1n) is 8.96. The minimum Gasteiger partial charge on any atom is -0.379 e. The third kappa shape index (κ3) is 5.52. The van der Waals surface area contributed by atoms with Crippen molar-refractivity contribution in [2.75, 3.05) is 31.6 Å². The number of hydrogen-bond acceptors (Lipinski definition) is 6. The summed E-state index contributed by atoms with van der Waals surface area (Å²) in [6, 6.07) is 11.6. The van der Waals surface area contributed by atoms with Gasteiger partial charge in [-0.05, 0) is 48.0 Å². The number of nitrogens with zero attached hydrogens (tertiary/aromatic N) is 1. The predicted octanol–water partition coefficient (Wildman–Crippen LogP) is 1.01. The highest BCUT2D eigenvalue weighted by molar-refractivity contribution is 7.89. The first-order chi connectivity index (χ1) is 14.2. The van der Waals surface area contributed by atoms with E-state index >= 15 is 0 Å². The molecule has 1 amide bonds. The van der Waals surface area contributed by atoms with Crippen LogP contribution in [0.5, 0.6) is 0 Å². The van der Waals surface area contributed by atoms with Crippen molar-refractivity contribution >= 4 is 37.7 Å². The summed E-state index contributed by atoms with van der Waals surface area (Å²) < 4.78 is 54.2. The summed E-state index contributed by atoms with van der Waals surface area (Å²) in [7, 11) is -7.36. The summed E-state index contributed by atoms with van der Waals surface area (Å²) >= 11 is 0. The molecular formula is C19H21N3O6S2. The zero-order chi connectivity index (χ0) is 21.8. The van der Waals surface area contributed by atoms with Gasteiger partial charge in [0, 0.05) is 24.9 Å². The highest BCUT2D eigenvalue weighted by Crippen LogP contribution is 2.18. The third-order valence-corrected chi connectivity index (χ3v) is 7.21. The van der Waals surface area contributed by atoms with Gasteiger partial charge in [-0.25, -0.2) is 22.0 Å². The molecule has 160 valence electrons. The summed E-state index contributed by atoms with van der Waals surface area (Å²) in [6.45, 7) is 1.39. The van der Waals surface area contributed by atoms with Crippen LogP contribution >= 0.6 is 0 Å². The van der Waals surface area contributed by atoms with Crippen molar-refractivity contribution in [3.63, 3.8) is 0 Å². The summed E-state index contributed by atoms with van der Waals surface area (Å²) in [5, 5.41) is 7.62. The molecule has 3 rings (SSSR count). The van der Waals surface area contributed by atoms with E-state index in [1.165, 1.54) is 46.8 Å². The van der Waals surface area contributed by atoms with Crippen molar-refractivity contribution < 1.29 is 26.4 Å². The monoisotopic (exact) mass is 451 g/mol. The molecule has 2 aromatic rings. The number of ether oxygens (including phenoxy) is 1. The molecule has 30 heavy (non-hydrogen) atoms. The number of benzene rings is 2. The highest BCUT2D eigenvalue weighted by Gasteiger charge is 2.25. The van der Waals surface area contributed by atoms with E-state index in [0.717, 1.165) is 0 Å². The van der Waals surface area contributed by atoms with E-state index in [0.29, 0.717) is 37.6 Å². The van der Waals surface area contributed by atoms with Gasteiger partial charge in [-0.1, -0.05) is 12.1 Å². The number of carbonyl (C=O) groups excluding carboxylic acids is 1. The highest BCUT2D eigenvalue weighted by atomic mass is 32.2. The average Bonchev–Trinajstić information content (AvgIpc) is 2.73. The molecule has 0 radical (unpaired) electrons. The fourth-order valence-corrected chi connectivity index (χ4v) is 4.69. The van der Waals surface area contributed by atoms with Crippen molar-refractivity contribution in [1.29, 1.82) is 0 Å². The van der Waals surface area contributed by atoms with E-state index in [9.17, 15) is 21.6 Å². The molecule has 0 aliphatic carbocycles. The van der Waals surface area contributed by atoms with Gasteiger partial charge < -0.3 is 10.1 Å². The molecule has 1 aliphatic heterocycles. The maximum absolute atomic E-state index is 12.6. The Kier molecular flexibility index (Phi) is 6.68. The minimum absolute atomic E-state index is 0.0526. The molecule has 3 N–H and O–H groups in total. The van der Waals surface area contributed by atoms with Gasteiger partial charge in [0.05, 0.1) is 23.0 Å². The van der Waals surface area contributed by atoms with Gasteiger partial charge >= 0.3 is 0 Å². The number of nitrogens with one attached hydrogen (secondary N) is 1. The number of amides is 1. The van der Waals surface area contributed by atoms with Crippen molar-refractivity contribution in [2.45, 2.75) is 9.79 Å². The van der Waals surface area contributed by atoms with Crippen molar-refractivity contribution in [3.05, 3.63) is 60.2 Å². The molecule has 0 bridgehead atoms. The lowest BCUT2D eigenvalue weighted by Crippen LogP contribution is -2.40. The van der Waals surface area contributed by atoms with Crippen LogP contribution in [0.1, 0.15) is 5.56 Å². The standard InChI is InChI=1S/C19H21N3O6S2/c20-29(24,25)17-8-4-16(5-9-17)21-19(23)10-3-15-1-6-18(7-2-15)30(26,27)22-11-13-28-14-12-22/h1-10H,11-14H2,(H,21,23)(H2,20,24,25)/b10-3+. The number of anilines is 1. The molecular weight excluding hydrogens is 430 g/mol. The van der Waals surface area contributed by atoms with Crippen LogP contribution in [0.3, 0.4) is 0 Å². The van der Waals surface area contributed by atoms with Crippen LogP contribution < -0.4 is 10.5 Å². The second kappa shape index (κ2) is 9.06. The number of sulfonamides is 2. The van der Waals surface area contributed by atoms with Gasteiger partial charge in [0.25, 0.3) is 0 Å². The van der Waals surface area contributed by atoms with Gasteiger partial charge in [-0.2, -0.15) is 4.31 Å². The van der Waals surface area contributed by atoms with Crippen LogP contribution in [0.2, 0.25) is 0 Å². The van der Waals surface area contributed by atoms with Gasteiger partial charge in [0.15, 0.2) is 0 Å². The van der Waals surface area contributed by atoms with Crippen LogP contribution in [0.4, 0.5) is 5.69 Å². The van der Waals surface area contributed by atoms with Crippen molar-refractivity contribution in [3.8, 4) is 0 Å². The summed E-state index contributed by atoms with van der Waals surface area (Å²) in [6.07, 6.45) is 2.83. The number of morpholine rings is 1. The molecule has 0 spiro atoms. The van der Waals surface area contributed by atoms with Crippen LogP contribution in [-0.2, 0) is 29.6 Å². The summed E-state index contributed by atoms with van der Waals surface area (Å²) in [4.78, 5) is 12.2. The van der Waals surface area contributed by atoms with Crippen molar-refractivity contribution in [1.82, 2.24) is 4.31 Å². The van der Waals surface area contributed by atoms with Crippen LogP contribution in [-0.4, -0.2) is 53.4 Å². The first-order valence-corrected chi connectivity index (χ1v) is 11.9. The average molecular weight is 452 g/mol. The van der Waals surface area contributed by atoms with E-state index in [4.69, 9.17) is 9.88 Å². The predicted molar refractivity (Wildman–Crippen MR) is 111 cm³/mol. The lowest BCUT2D eigenvalue weighted by molar-refractivity contribution is -0.111. The summed E-state index contributed by atoms with van der Waals surface area (Å²) in [5.74, 6) is -0.427. The van der Waals surface area contributed by atoms with Crippen molar-refractivity contribution in [2.24, 2.45) is 5.14 Å². The first kappa shape index (κ1) is 22.1. The van der Waals surface area contributed by atoms with Crippen LogP contribution in [0, 0.1) is 0 Å². The Balaban J connectivity index is 1.62. The number of carbonyl (C=O) groups is 1. The maximum Gasteiger partial charge on any atom is 0.248 e. The largest absolute Gasteiger partial charge is 0.379 e. The Morgan fingerprint density at radius 2 is 1.50 bits per heavy atom. The summed E-state index contributed by atoms with van der Waals surface area (Å²) in [5.41, 5.74) is 1.06. The zero-order valence-corrected chi connectivity index (χ0v) is 17.5. The molecule has 9 nitrogen and oxygen atoms in total. The van der Waals surface area contributed by atoms with E-state index in [1.807, 2.05) is 0 Å². The zero-order valence-electron chi connectivity index (χ0n) is 15.9. The molecule has 0 saturated carbocycles. The van der Waals surface area contributed by atoms with E-state index in [-0.39, 0.29) is 9.79 Å². The second-order valence-corrected chi connectivity index (χ2v) is 9.98. The molecule has 0 atom stereocenters. The van der Waals surface area contributed by atoms with Gasteiger partial charge in [0.2, 0.25) is 26.0 Å². The molecule has 2 aromatic carbocycles. The van der Waals surface area contributed by atoms with Crippen LogP contribution in [0.15, 0.2) is 64.4 Å². The smallest absolute Gasteiger partial charge is 0.248 e. The van der Waals surface area contributed by atoms with E-state index in [1.54, 1.807) is 18.2 Å². The van der Waals surface area contributed by atoms with Gasteiger partial charge in [-0.15, -0.1) is 0 Å². The molecule has 1 saturated heterocycles. The van der Waals surface area contributed by atoms with Gasteiger partial charge in [-0.3, -0.25) is 4.79 Å². The molecule has 1 heterocycles. The quantitative estimate of drug-likeness (QED) is 0.629. The Morgan fingerprint density at radius 3 is 2.07 bits per heavy atom. The second-order valence-electron chi connectivity index (χ2n) is 6.48. The molecule has 0 unspecified atom stereocenters. The van der Waals surface area contributed by atoms with E-state index < -0.39 is 26.0 Å². The SMILES string of the molecule is NS(=O)(=O)c1ccc(NC(=O)/C=C/c2ccc(S(=O)(=O)N3CCOCC3)cc2)cc1. The molecule has 1 aliphatic rings. The number of rotatable bonds is 6. The maximum atomic E-state index is 12.6. The Bertz CT molecular complexity index is 1140. The molecule has 11 heteroatoms. The number of hydrogen-bond donors (Lipinski definition) is 2. The topological polar surface area (TPSA) is 136 Å². The molecule has 1 fully saturated rings. The lowest BCUT2D eigenvalue weighted by Gasteiger charge is -2.26. The van der Waals surface area contributed by atoms with Crippen LogP contribution in [0.25, 0.3) is 6.08 Å². The minimum atomic E-state index is -3.79. The molecule has 0 aromatic heterocycles. The Hall–Kier alpha value is -2.57. The fourth-order valence-electron chi connectivity index (χ4n) is 2.77. The number of primary sulfonamides is 1. The normalized spacial score (nSPS) is 15.9. The third-order valence-electron chi connectivity index (χ3n) is 4.37. The Morgan fingerprint density at radius 1 is 0.933 bits per heavy atom. The van der Waals surface area contributed by atoms with Gasteiger partial charge in [0.1, 0.15) is 0 Å². The Labute approximate surface area is 175 Å². The fraction of sp³-hybridized carbons (Fsp3) is 0.211.